The van der Waals surface area contributed by atoms with Gasteiger partial charge in [0.25, 0.3) is 0 Å². The van der Waals surface area contributed by atoms with Crippen molar-refractivity contribution < 1.29 is 34.1 Å². The Balaban J connectivity index is 1.28. The fourth-order valence-corrected chi connectivity index (χ4v) is 7.21. The van der Waals surface area contributed by atoms with Gasteiger partial charge in [-0.1, -0.05) is 13.0 Å². The van der Waals surface area contributed by atoms with Crippen LogP contribution in [0.2, 0.25) is 0 Å². The average Bonchev–Trinajstić information content (AvgIpc) is 3.15. The van der Waals surface area contributed by atoms with Crippen LogP contribution in [0, 0.1) is 22.7 Å². The van der Waals surface area contributed by atoms with Crippen LogP contribution in [0.5, 0.6) is 11.5 Å². The van der Waals surface area contributed by atoms with Gasteiger partial charge in [-0.3, -0.25) is 4.79 Å². The minimum atomic E-state index is -0.803. The monoisotopic (exact) mass is 470 g/mol. The van der Waals surface area contributed by atoms with Gasteiger partial charge in [-0.15, -0.1) is 0 Å². The Morgan fingerprint density at radius 2 is 2.03 bits per heavy atom. The third kappa shape index (κ3) is 3.13. The van der Waals surface area contributed by atoms with Crippen LogP contribution in [0.3, 0.4) is 0 Å². The number of hydrogen-bond donors (Lipinski definition) is 4. The van der Waals surface area contributed by atoms with Gasteiger partial charge >= 0.3 is 12.0 Å². The van der Waals surface area contributed by atoms with Crippen molar-refractivity contribution in [1.82, 2.24) is 5.32 Å². The van der Waals surface area contributed by atoms with E-state index < -0.39 is 28.9 Å². The SMILES string of the molecule is COC(=O)c1ccc(O)c(NC(=O)NCC[C@]2(C)C(=O)C=C[C@]34C[C@H]5C[C@H](O[C@@]5(C)C3)[C@H]42)c1O. The third-order valence-electron chi connectivity index (χ3n) is 8.64. The van der Waals surface area contributed by atoms with E-state index in [-0.39, 0.29) is 46.6 Å². The van der Waals surface area contributed by atoms with Gasteiger partial charge in [0.15, 0.2) is 11.5 Å². The van der Waals surface area contributed by atoms with E-state index in [1.165, 1.54) is 12.1 Å². The Kier molecular flexibility index (Phi) is 4.99. The van der Waals surface area contributed by atoms with Crippen molar-refractivity contribution >= 4 is 23.5 Å². The quantitative estimate of drug-likeness (QED) is 0.384. The molecule has 1 aromatic carbocycles. The number of methoxy groups -OCH3 is 1. The van der Waals surface area contributed by atoms with Crippen LogP contribution in [0.4, 0.5) is 10.5 Å². The van der Waals surface area contributed by atoms with Crippen LogP contribution >= 0.6 is 0 Å². The lowest BCUT2D eigenvalue weighted by atomic mass is 9.51. The van der Waals surface area contributed by atoms with Crippen molar-refractivity contribution in [3.63, 3.8) is 0 Å². The fourth-order valence-electron chi connectivity index (χ4n) is 7.21. The van der Waals surface area contributed by atoms with Crippen molar-refractivity contribution in [2.24, 2.45) is 22.7 Å². The van der Waals surface area contributed by atoms with Gasteiger partial charge in [-0.05, 0) is 62.1 Å². The van der Waals surface area contributed by atoms with E-state index in [1.54, 1.807) is 6.08 Å². The zero-order valence-electron chi connectivity index (χ0n) is 19.5. The van der Waals surface area contributed by atoms with E-state index in [2.05, 4.69) is 28.4 Å². The van der Waals surface area contributed by atoms with Crippen LogP contribution in [0.1, 0.15) is 49.9 Å². The molecular formula is C25H30N2O7. The smallest absolute Gasteiger partial charge is 0.341 e. The molecule has 2 saturated carbocycles. The number of esters is 1. The first-order valence-electron chi connectivity index (χ1n) is 11.6. The number of phenolic OH excluding ortho intramolecular Hbond substituents is 2. The molecule has 0 aromatic heterocycles. The number of benzene rings is 1. The molecule has 182 valence electrons. The zero-order chi connectivity index (χ0) is 24.5. The second-order valence-electron chi connectivity index (χ2n) is 10.6. The van der Waals surface area contributed by atoms with Gasteiger partial charge in [0.05, 0.1) is 18.8 Å². The van der Waals surface area contributed by atoms with Crippen molar-refractivity contribution in [2.75, 3.05) is 19.0 Å². The summed E-state index contributed by atoms with van der Waals surface area (Å²) in [6.07, 6.45) is 7.25. The van der Waals surface area contributed by atoms with Crippen LogP contribution in [0.15, 0.2) is 24.3 Å². The molecule has 5 aliphatic rings. The number of anilines is 1. The molecule has 34 heavy (non-hydrogen) atoms. The molecular weight excluding hydrogens is 440 g/mol. The maximum absolute atomic E-state index is 13.1. The van der Waals surface area contributed by atoms with Gasteiger partial charge < -0.3 is 30.3 Å². The summed E-state index contributed by atoms with van der Waals surface area (Å²) < 4.78 is 11.0. The molecule has 6 rings (SSSR count). The van der Waals surface area contributed by atoms with Gasteiger partial charge in [-0.2, -0.15) is 0 Å². The number of carbonyl (C=O) groups excluding carboxylic acids is 3. The summed E-state index contributed by atoms with van der Waals surface area (Å²) in [6, 6.07) is 1.70. The number of aromatic hydroxyl groups is 2. The van der Waals surface area contributed by atoms with E-state index in [0.717, 1.165) is 26.4 Å². The fraction of sp³-hybridized carbons (Fsp3) is 0.560. The number of ketones is 1. The molecule has 2 aliphatic heterocycles. The zero-order valence-corrected chi connectivity index (χ0v) is 19.5. The molecule has 0 radical (unpaired) electrons. The number of urea groups is 1. The van der Waals surface area contributed by atoms with Crippen molar-refractivity contribution in [3.8, 4) is 11.5 Å². The first kappa shape index (κ1) is 22.7. The number of carbonyl (C=O) groups is 3. The summed E-state index contributed by atoms with van der Waals surface area (Å²) in [5.41, 5.74) is -1.29. The Labute approximate surface area is 197 Å². The largest absolute Gasteiger partial charge is 0.506 e. The highest BCUT2D eigenvalue weighted by Gasteiger charge is 2.71. The molecule has 2 heterocycles. The number of amides is 2. The van der Waals surface area contributed by atoms with Crippen LogP contribution < -0.4 is 10.6 Å². The van der Waals surface area contributed by atoms with Crippen LogP contribution in [-0.4, -0.2) is 53.4 Å². The average molecular weight is 471 g/mol. The molecule has 1 aromatic rings. The molecule has 4 N–H and O–H groups in total. The number of hydrogen-bond acceptors (Lipinski definition) is 7. The van der Waals surface area contributed by atoms with E-state index in [0.29, 0.717) is 12.3 Å². The molecule has 4 bridgehead atoms. The van der Waals surface area contributed by atoms with E-state index in [4.69, 9.17) is 4.74 Å². The lowest BCUT2D eigenvalue weighted by molar-refractivity contribution is -0.168. The van der Waals surface area contributed by atoms with Crippen molar-refractivity contribution in [3.05, 3.63) is 29.8 Å². The number of phenols is 2. The Morgan fingerprint density at radius 3 is 2.74 bits per heavy atom. The van der Waals surface area contributed by atoms with Gasteiger partial charge in [0.1, 0.15) is 17.0 Å². The van der Waals surface area contributed by atoms with Gasteiger partial charge in [0, 0.05) is 17.9 Å². The first-order valence-corrected chi connectivity index (χ1v) is 11.6. The second-order valence-corrected chi connectivity index (χ2v) is 10.6. The summed E-state index contributed by atoms with van der Waals surface area (Å²) in [5.74, 6) is -1.15. The highest BCUT2D eigenvalue weighted by molar-refractivity contribution is 6.00. The third-order valence-corrected chi connectivity index (χ3v) is 8.64. The molecule has 3 aliphatic carbocycles. The van der Waals surface area contributed by atoms with E-state index in [1.807, 2.05) is 6.92 Å². The molecule has 1 spiro atoms. The maximum atomic E-state index is 13.1. The Morgan fingerprint density at radius 1 is 1.26 bits per heavy atom. The second kappa shape index (κ2) is 7.46. The van der Waals surface area contributed by atoms with E-state index >= 15 is 0 Å². The van der Waals surface area contributed by atoms with Crippen LogP contribution in [0.25, 0.3) is 0 Å². The molecule has 9 nitrogen and oxygen atoms in total. The summed E-state index contributed by atoms with van der Waals surface area (Å²) in [7, 11) is 1.16. The molecule has 2 saturated heterocycles. The predicted octanol–water partition coefficient (Wildman–Crippen LogP) is 3.12. The Hall–Kier alpha value is -3.07. The van der Waals surface area contributed by atoms with Gasteiger partial charge in [-0.25, -0.2) is 9.59 Å². The van der Waals surface area contributed by atoms with E-state index in [9.17, 15) is 24.6 Å². The van der Waals surface area contributed by atoms with Crippen molar-refractivity contribution in [1.29, 1.82) is 0 Å². The normalized spacial score (nSPS) is 36.9. The lowest BCUT2D eigenvalue weighted by Gasteiger charge is -2.55. The van der Waals surface area contributed by atoms with Crippen LogP contribution in [-0.2, 0) is 14.3 Å². The summed E-state index contributed by atoms with van der Waals surface area (Å²) in [5, 5.41) is 25.4. The highest BCUT2D eigenvalue weighted by atomic mass is 16.5. The summed E-state index contributed by atoms with van der Waals surface area (Å²) in [4.78, 5) is 37.4. The first-order chi connectivity index (χ1) is 16.0. The summed E-state index contributed by atoms with van der Waals surface area (Å²) >= 11 is 0. The number of rotatable bonds is 5. The maximum Gasteiger partial charge on any atom is 0.341 e. The molecule has 9 heteroatoms. The molecule has 6 atom stereocenters. The predicted molar refractivity (Wildman–Crippen MR) is 122 cm³/mol. The molecule has 0 unspecified atom stereocenters. The minimum Gasteiger partial charge on any atom is -0.506 e. The Bertz CT molecular complexity index is 1120. The number of nitrogens with one attached hydrogen (secondary N) is 2. The van der Waals surface area contributed by atoms with Gasteiger partial charge in [0.2, 0.25) is 0 Å². The molecule has 4 fully saturated rings. The number of allylic oxidation sites excluding steroid dienone is 2. The van der Waals surface area contributed by atoms with Crippen molar-refractivity contribution in [2.45, 2.75) is 51.2 Å². The standard InChI is InChI=1S/C25H30N2O7/c1-23(17(29)6-7-25-11-13-10-16(20(23)25)34-24(13,2)12-25)8-9-26-22(32)27-18-15(28)5-4-14(19(18)30)21(31)33-3/h4-7,13,16,20,28,30H,8-12H2,1-3H3,(H2,26,27,32)/t13-,16+,20+,23-,24+,25+/m1/s1. The topological polar surface area (TPSA) is 134 Å². The number of ether oxygens (including phenoxy) is 2. The highest BCUT2D eigenvalue weighted by Crippen LogP contribution is 2.71. The minimum absolute atomic E-state index is 0.0303. The molecule has 2 amide bonds. The lowest BCUT2D eigenvalue weighted by Crippen LogP contribution is -2.57. The summed E-state index contributed by atoms with van der Waals surface area (Å²) in [6.45, 7) is 4.37.